The topological polar surface area (TPSA) is 37.8 Å². The lowest BCUT2D eigenvalue weighted by Crippen LogP contribution is -2.27. The molecule has 1 aromatic rings. The van der Waals surface area contributed by atoms with Crippen molar-refractivity contribution in [2.75, 3.05) is 17.7 Å². The largest absolute Gasteiger partial charge is 0.370 e. The fraction of sp³-hybridized carbons (Fsp3) is 0.692. The molecule has 4 heteroatoms. The summed E-state index contributed by atoms with van der Waals surface area (Å²) in [5.74, 6) is 3.07. The second-order valence-corrected chi connectivity index (χ2v) is 5.19. The Balaban J connectivity index is 1.88. The molecule has 0 aliphatic heterocycles. The third kappa shape index (κ3) is 3.56. The van der Waals surface area contributed by atoms with Gasteiger partial charge in [0, 0.05) is 24.2 Å². The number of hydrogen-bond acceptors (Lipinski definition) is 3. The van der Waals surface area contributed by atoms with Crippen LogP contribution >= 0.6 is 11.6 Å². The minimum atomic E-state index is 0.667. The van der Waals surface area contributed by atoms with E-state index in [1.165, 1.54) is 25.7 Å². The van der Waals surface area contributed by atoms with Crippen molar-refractivity contribution in [3.05, 3.63) is 18.1 Å². The summed E-state index contributed by atoms with van der Waals surface area (Å²) in [6.45, 7) is 2.96. The van der Waals surface area contributed by atoms with Gasteiger partial charge in [-0.25, -0.2) is 9.97 Å². The standard InChI is InChI=1S/C13H20ClN3/c1-10-6-13(17-9-16-10)15-8-12-5-3-2-4-11(12)7-14/h6,9,11-12H,2-5,7-8H2,1H3,(H,15,16,17). The quantitative estimate of drug-likeness (QED) is 0.838. The average molecular weight is 254 g/mol. The Bertz CT molecular complexity index is 356. The normalized spacial score (nSPS) is 24.6. The van der Waals surface area contributed by atoms with E-state index >= 15 is 0 Å². The number of hydrogen-bond donors (Lipinski definition) is 1. The van der Waals surface area contributed by atoms with Crippen LogP contribution in [0.4, 0.5) is 5.82 Å². The minimum Gasteiger partial charge on any atom is -0.370 e. The summed E-state index contributed by atoms with van der Waals surface area (Å²) in [6, 6.07) is 1.98. The fourth-order valence-corrected chi connectivity index (χ4v) is 2.95. The van der Waals surface area contributed by atoms with E-state index in [1.807, 2.05) is 13.0 Å². The molecule has 94 valence electrons. The van der Waals surface area contributed by atoms with Gasteiger partial charge in [0.15, 0.2) is 0 Å². The van der Waals surface area contributed by atoms with Gasteiger partial charge in [-0.1, -0.05) is 12.8 Å². The minimum absolute atomic E-state index is 0.667. The van der Waals surface area contributed by atoms with Crippen LogP contribution in [0.5, 0.6) is 0 Å². The Morgan fingerprint density at radius 3 is 2.76 bits per heavy atom. The molecular weight excluding hydrogens is 234 g/mol. The number of anilines is 1. The number of nitrogens with zero attached hydrogens (tertiary/aromatic N) is 2. The monoisotopic (exact) mass is 253 g/mol. The zero-order valence-electron chi connectivity index (χ0n) is 10.3. The number of halogens is 1. The van der Waals surface area contributed by atoms with Gasteiger partial charge in [-0.05, 0) is 31.6 Å². The predicted molar refractivity (Wildman–Crippen MR) is 71.4 cm³/mol. The van der Waals surface area contributed by atoms with Crippen molar-refractivity contribution in [2.45, 2.75) is 32.6 Å². The molecule has 1 aromatic heterocycles. The summed E-state index contributed by atoms with van der Waals surface area (Å²) >= 11 is 6.03. The molecule has 2 atom stereocenters. The van der Waals surface area contributed by atoms with Gasteiger partial charge in [-0.3, -0.25) is 0 Å². The van der Waals surface area contributed by atoms with Crippen LogP contribution in [-0.2, 0) is 0 Å². The zero-order chi connectivity index (χ0) is 12.1. The highest BCUT2D eigenvalue weighted by molar-refractivity contribution is 6.18. The lowest BCUT2D eigenvalue weighted by molar-refractivity contribution is 0.272. The molecule has 1 aliphatic carbocycles. The van der Waals surface area contributed by atoms with Crippen LogP contribution in [0.1, 0.15) is 31.4 Å². The van der Waals surface area contributed by atoms with Gasteiger partial charge in [-0.15, -0.1) is 11.6 Å². The van der Waals surface area contributed by atoms with Gasteiger partial charge in [0.05, 0.1) is 0 Å². The van der Waals surface area contributed by atoms with E-state index in [1.54, 1.807) is 6.33 Å². The first-order valence-corrected chi connectivity index (χ1v) is 6.91. The highest BCUT2D eigenvalue weighted by Gasteiger charge is 2.23. The molecular formula is C13H20ClN3. The molecule has 1 N–H and O–H groups in total. The number of aryl methyl sites for hydroxylation is 1. The number of rotatable bonds is 4. The summed E-state index contributed by atoms with van der Waals surface area (Å²) in [5, 5.41) is 3.41. The van der Waals surface area contributed by atoms with E-state index < -0.39 is 0 Å². The van der Waals surface area contributed by atoms with Crippen molar-refractivity contribution in [2.24, 2.45) is 11.8 Å². The molecule has 1 saturated carbocycles. The van der Waals surface area contributed by atoms with Crippen molar-refractivity contribution < 1.29 is 0 Å². The summed E-state index contributed by atoms with van der Waals surface area (Å²) in [5.41, 5.74) is 1.00. The summed E-state index contributed by atoms with van der Waals surface area (Å²) in [7, 11) is 0. The van der Waals surface area contributed by atoms with E-state index in [-0.39, 0.29) is 0 Å². The number of alkyl halides is 1. The van der Waals surface area contributed by atoms with E-state index in [0.29, 0.717) is 11.8 Å². The second kappa shape index (κ2) is 6.20. The third-order valence-electron chi connectivity index (χ3n) is 3.61. The number of aromatic nitrogens is 2. The van der Waals surface area contributed by atoms with E-state index in [4.69, 9.17) is 11.6 Å². The van der Waals surface area contributed by atoms with Crippen LogP contribution in [0, 0.1) is 18.8 Å². The average Bonchev–Trinajstić information content (AvgIpc) is 2.37. The maximum absolute atomic E-state index is 6.03. The SMILES string of the molecule is Cc1cc(NCC2CCCCC2CCl)ncn1. The molecule has 0 amide bonds. The van der Waals surface area contributed by atoms with Crippen LogP contribution in [0.15, 0.2) is 12.4 Å². The molecule has 1 aliphatic rings. The Hall–Kier alpha value is -0.830. The summed E-state index contributed by atoms with van der Waals surface area (Å²) < 4.78 is 0. The lowest BCUT2D eigenvalue weighted by Gasteiger charge is -2.30. The van der Waals surface area contributed by atoms with Crippen LogP contribution in [0.3, 0.4) is 0 Å². The molecule has 2 unspecified atom stereocenters. The highest BCUT2D eigenvalue weighted by atomic mass is 35.5. The Kier molecular flexibility index (Phi) is 4.60. The van der Waals surface area contributed by atoms with Gasteiger partial charge in [-0.2, -0.15) is 0 Å². The Labute approximate surface area is 108 Å². The molecule has 0 aromatic carbocycles. The molecule has 0 spiro atoms. The first-order chi connectivity index (χ1) is 8.29. The third-order valence-corrected chi connectivity index (χ3v) is 4.01. The highest BCUT2D eigenvalue weighted by Crippen LogP contribution is 2.30. The molecule has 17 heavy (non-hydrogen) atoms. The van der Waals surface area contributed by atoms with Crippen molar-refractivity contribution >= 4 is 17.4 Å². The Morgan fingerprint density at radius 1 is 1.29 bits per heavy atom. The van der Waals surface area contributed by atoms with Crippen LogP contribution in [-0.4, -0.2) is 22.4 Å². The van der Waals surface area contributed by atoms with E-state index in [9.17, 15) is 0 Å². The molecule has 1 fully saturated rings. The van der Waals surface area contributed by atoms with E-state index in [2.05, 4.69) is 15.3 Å². The first kappa shape index (κ1) is 12.6. The smallest absolute Gasteiger partial charge is 0.129 e. The maximum Gasteiger partial charge on any atom is 0.129 e. The molecule has 2 rings (SSSR count). The van der Waals surface area contributed by atoms with Crippen LogP contribution in [0.2, 0.25) is 0 Å². The van der Waals surface area contributed by atoms with Gasteiger partial charge in [0.1, 0.15) is 12.1 Å². The lowest BCUT2D eigenvalue weighted by atomic mass is 9.80. The molecule has 0 saturated heterocycles. The summed E-state index contributed by atoms with van der Waals surface area (Å²) in [4.78, 5) is 8.31. The molecule has 0 bridgehead atoms. The zero-order valence-corrected chi connectivity index (χ0v) is 11.1. The van der Waals surface area contributed by atoms with Crippen molar-refractivity contribution in [1.82, 2.24) is 9.97 Å². The second-order valence-electron chi connectivity index (χ2n) is 4.88. The van der Waals surface area contributed by atoms with Crippen molar-refractivity contribution in [3.63, 3.8) is 0 Å². The first-order valence-electron chi connectivity index (χ1n) is 6.38. The predicted octanol–water partition coefficient (Wildman–Crippen LogP) is 3.24. The van der Waals surface area contributed by atoms with Crippen LogP contribution < -0.4 is 5.32 Å². The van der Waals surface area contributed by atoms with Gasteiger partial charge in [0.25, 0.3) is 0 Å². The molecule has 0 radical (unpaired) electrons. The molecule has 1 heterocycles. The number of nitrogens with one attached hydrogen (secondary N) is 1. The van der Waals surface area contributed by atoms with Crippen molar-refractivity contribution in [1.29, 1.82) is 0 Å². The van der Waals surface area contributed by atoms with Gasteiger partial charge in [0.2, 0.25) is 0 Å². The summed E-state index contributed by atoms with van der Waals surface area (Å²) in [6.07, 6.45) is 6.84. The maximum atomic E-state index is 6.03. The molecule has 3 nitrogen and oxygen atoms in total. The van der Waals surface area contributed by atoms with Crippen molar-refractivity contribution in [3.8, 4) is 0 Å². The fourth-order valence-electron chi connectivity index (χ4n) is 2.54. The Morgan fingerprint density at radius 2 is 2.06 bits per heavy atom. The van der Waals surface area contributed by atoms with Gasteiger partial charge < -0.3 is 5.32 Å². The van der Waals surface area contributed by atoms with E-state index in [0.717, 1.165) is 23.9 Å². The van der Waals surface area contributed by atoms with Crippen LogP contribution in [0.25, 0.3) is 0 Å². The van der Waals surface area contributed by atoms with Gasteiger partial charge >= 0.3 is 0 Å².